The molecule has 3 aliphatic rings. The lowest BCUT2D eigenvalue weighted by Crippen LogP contribution is -2.50. The van der Waals surface area contributed by atoms with Gasteiger partial charge in [-0.1, -0.05) is 6.92 Å². The first kappa shape index (κ1) is 10.1. The first-order valence-electron chi connectivity index (χ1n) is 6.23. The molecule has 1 spiro atoms. The molecule has 1 aliphatic carbocycles. The summed E-state index contributed by atoms with van der Waals surface area (Å²) in [5.74, 6) is 0.663. The van der Waals surface area contributed by atoms with Crippen molar-refractivity contribution in [2.75, 3.05) is 32.8 Å². The molecule has 3 fully saturated rings. The Kier molecular flexibility index (Phi) is 2.14. The molecule has 3 nitrogen and oxygen atoms in total. The van der Waals surface area contributed by atoms with Gasteiger partial charge in [0.1, 0.15) is 0 Å². The van der Waals surface area contributed by atoms with Crippen LogP contribution in [0, 0.1) is 11.3 Å². The minimum atomic E-state index is 0.0398. The highest BCUT2D eigenvalue weighted by atomic mass is 16.5. The summed E-state index contributed by atoms with van der Waals surface area (Å²) in [7, 11) is 0. The second kappa shape index (κ2) is 3.19. The average molecular weight is 211 g/mol. The Morgan fingerprint density at radius 2 is 2.13 bits per heavy atom. The van der Waals surface area contributed by atoms with Crippen molar-refractivity contribution in [3.63, 3.8) is 0 Å². The Labute approximate surface area is 91.4 Å². The number of aliphatic hydroxyl groups excluding tert-OH is 1. The molecule has 0 amide bonds. The molecule has 1 N–H and O–H groups in total. The number of aliphatic hydroxyl groups is 1. The Bertz CT molecular complexity index is 256. The summed E-state index contributed by atoms with van der Waals surface area (Å²) in [6.45, 7) is 6.88. The van der Waals surface area contributed by atoms with Crippen LogP contribution in [0.25, 0.3) is 0 Å². The van der Waals surface area contributed by atoms with E-state index in [1.807, 2.05) is 0 Å². The number of rotatable bonds is 2. The fourth-order valence-electron chi connectivity index (χ4n) is 3.77. The average Bonchev–Trinajstić information content (AvgIpc) is 2.96. The molecule has 2 saturated heterocycles. The van der Waals surface area contributed by atoms with Gasteiger partial charge < -0.3 is 14.7 Å². The van der Waals surface area contributed by atoms with Gasteiger partial charge in [-0.25, -0.2) is 0 Å². The summed E-state index contributed by atoms with van der Waals surface area (Å²) in [4.78, 5) is 2.48. The van der Waals surface area contributed by atoms with E-state index < -0.39 is 0 Å². The number of fused-ring (bicyclic) bond motifs is 2. The number of likely N-dealkylation sites (tertiary alicyclic amines) is 1. The van der Waals surface area contributed by atoms with Crippen LogP contribution in [0.1, 0.15) is 26.2 Å². The van der Waals surface area contributed by atoms with E-state index in [0.717, 1.165) is 39.1 Å². The van der Waals surface area contributed by atoms with Crippen molar-refractivity contribution in [3.8, 4) is 0 Å². The highest BCUT2D eigenvalue weighted by Gasteiger charge is 2.71. The second-order valence-corrected chi connectivity index (χ2v) is 5.45. The summed E-state index contributed by atoms with van der Waals surface area (Å²) in [5, 5.41) is 9.61. The molecular weight excluding hydrogens is 190 g/mol. The van der Waals surface area contributed by atoms with Crippen molar-refractivity contribution in [2.24, 2.45) is 11.3 Å². The monoisotopic (exact) mass is 211 g/mol. The van der Waals surface area contributed by atoms with Gasteiger partial charge in [0.2, 0.25) is 0 Å². The van der Waals surface area contributed by atoms with Crippen LogP contribution in [-0.4, -0.2) is 48.5 Å². The molecule has 0 radical (unpaired) electrons. The van der Waals surface area contributed by atoms with Gasteiger partial charge in [-0.2, -0.15) is 0 Å². The fraction of sp³-hybridized carbons (Fsp3) is 1.00. The maximum Gasteiger partial charge on any atom is 0.0788 e. The maximum absolute atomic E-state index is 9.61. The van der Waals surface area contributed by atoms with Gasteiger partial charge in [-0.15, -0.1) is 0 Å². The van der Waals surface area contributed by atoms with Gasteiger partial charge in [0.25, 0.3) is 0 Å². The smallest absolute Gasteiger partial charge is 0.0788 e. The molecule has 3 heteroatoms. The largest absolute Gasteiger partial charge is 0.396 e. The summed E-state index contributed by atoms with van der Waals surface area (Å²) in [6.07, 6.45) is 3.45. The van der Waals surface area contributed by atoms with Crippen LogP contribution < -0.4 is 0 Å². The van der Waals surface area contributed by atoms with Gasteiger partial charge in [0.05, 0.1) is 18.8 Å². The van der Waals surface area contributed by atoms with E-state index in [-0.39, 0.29) is 11.0 Å². The number of hydrogen-bond donors (Lipinski definition) is 1. The molecule has 2 heterocycles. The van der Waals surface area contributed by atoms with Crippen LogP contribution in [0.5, 0.6) is 0 Å². The van der Waals surface area contributed by atoms with Crippen LogP contribution in [-0.2, 0) is 4.74 Å². The lowest BCUT2D eigenvalue weighted by Gasteiger charge is -2.43. The lowest BCUT2D eigenvalue weighted by atomic mass is 9.77. The Balaban J connectivity index is 1.76. The zero-order chi connectivity index (χ0) is 10.5. The van der Waals surface area contributed by atoms with E-state index in [2.05, 4.69) is 11.8 Å². The third-order valence-electron chi connectivity index (χ3n) is 5.09. The summed E-state index contributed by atoms with van der Waals surface area (Å²) in [5.41, 5.74) is 0.199. The standard InChI is InChI=1S/C12H21NO2/c1-2-13-5-3-12(4-6-13)11(9-14)7-10(11)8-15-12/h10,14H,2-9H2,1H3. The van der Waals surface area contributed by atoms with Gasteiger partial charge in [0.15, 0.2) is 0 Å². The zero-order valence-electron chi connectivity index (χ0n) is 9.54. The molecule has 0 bridgehead atoms. The molecule has 15 heavy (non-hydrogen) atoms. The van der Waals surface area contributed by atoms with Gasteiger partial charge in [0, 0.05) is 18.5 Å². The van der Waals surface area contributed by atoms with Crippen LogP contribution >= 0.6 is 0 Å². The van der Waals surface area contributed by atoms with Gasteiger partial charge in [-0.05, 0) is 31.7 Å². The quantitative estimate of drug-likeness (QED) is 0.735. The molecule has 2 atom stereocenters. The minimum absolute atomic E-state index is 0.0398. The molecule has 0 aromatic rings. The summed E-state index contributed by atoms with van der Waals surface area (Å²) >= 11 is 0. The van der Waals surface area contributed by atoms with Crippen LogP contribution in [0.15, 0.2) is 0 Å². The first-order valence-corrected chi connectivity index (χ1v) is 6.23. The van der Waals surface area contributed by atoms with Crippen molar-refractivity contribution in [1.82, 2.24) is 4.90 Å². The van der Waals surface area contributed by atoms with Crippen molar-refractivity contribution in [2.45, 2.75) is 31.8 Å². The molecule has 1 saturated carbocycles. The number of nitrogens with zero attached hydrogens (tertiary/aromatic N) is 1. The molecule has 2 unspecified atom stereocenters. The predicted octanol–water partition coefficient (Wildman–Crippen LogP) is 0.870. The van der Waals surface area contributed by atoms with Crippen LogP contribution in [0.4, 0.5) is 0 Å². The lowest BCUT2D eigenvalue weighted by molar-refractivity contribution is -0.104. The Morgan fingerprint density at radius 1 is 1.40 bits per heavy atom. The van der Waals surface area contributed by atoms with Crippen LogP contribution in [0.2, 0.25) is 0 Å². The van der Waals surface area contributed by atoms with E-state index in [9.17, 15) is 5.11 Å². The van der Waals surface area contributed by atoms with Crippen molar-refractivity contribution in [1.29, 1.82) is 0 Å². The fourth-order valence-corrected chi connectivity index (χ4v) is 3.77. The SMILES string of the molecule is CCN1CCC2(CC1)OCC1CC12CO. The molecule has 2 aliphatic heterocycles. The maximum atomic E-state index is 9.61. The Hall–Kier alpha value is -0.120. The number of hydrogen-bond acceptors (Lipinski definition) is 3. The molecule has 0 aromatic heterocycles. The number of piperidine rings is 1. The van der Waals surface area contributed by atoms with Crippen molar-refractivity contribution in [3.05, 3.63) is 0 Å². The summed E-state index contributed by atoms with van der Waals surface area (Å²) < 4.78 is 6.04. The van der Waals surface area contributed by atoms with Crippen molar-refractivity contribution >= 4 is 0 Å². The van der Waals surface area contributed by atoms with E-state index in [0.29, 0.717) is 12.5 Å². The molecule has 0 aromatic carbocycles. The Morgan fingerprint density at radius 3 is 2.67 bits per heavy atom. The predicted molar refractivity (Wildman–Crippen MR) is 57.7 cm³/mol. The van der Waals surface area contributed by atoms with Crippen LogP contribution in [0.3, 0.4) is 0 Å². The van der Waals surface area contributed by atoms with Gasteiger partial charge >= 0.3 is 0 Å². The topological polar surface area (TPSA) is 32.7 Å². The van der Waals surface area contributed by atoms with Gasteiger partial charge in [-0.3, -0.25) is 0 Å². The zero-order valence-corrected chi connectivity index (χ0v) is 9.54. The molecule has 3 rings (SSSR count). The first-order chi connectivity index (χ1) is 7.26. The normalized spacial score (nSPS) is 43.2. The minimum Gasteiger partial charge on any atom is -0.396 e. The summed E-state index contributed by atoms with van der Waals surface area (Å²) in [6, 6.07) is 0. The third-order valence-corrected chi connectivity index (χ3v) is 5.09. The van der Waals surface area contributed by atoms with Crippen molar-refractivity contribution < 1.29 is 9.84 Å². The second-order valence-electron chi connectivity index (χ2n) is 5.45. The highest BCUT2D eigenvalue weighted by Crippen LogP contribution is 2.67. The van der Waals surface area contributed by atoms with E-state index in [1.165, 1.54) is 6.42 Å². The molecule has 86 valence electrons. The van der Waals surface area contributed by atoms with E-state index in [1.54, 1.807) is 0 Å². The number of ether oxygens (including phenoxy) is 1. The van der Waals surface area contributed by atoms with E-state index in [4.69, 9.17) is 4.74 Å². The van der Waals surface area contributed by atoms with E-state index >= 15 is 0 Å². The third kappa shape index (κ3) is 1.17. The highest BCUT2D eigenvalue weighted by molar-refractivity contribution is 5.19. The molecular formula is C12H21NO2.